The molecule has 0 bridgehead atoms. The van der Waals surface area contributed by atoms with Gasteiger partial charge >= 0.3 is 0 Å². The maximum absolute atomic E-state index is 11.7. The SMILES string of the molecule is CCC1O[C@H](O[C@H]2OC(COCc3ccccc3)[C@@H](OCc3ccccc3)C(OCc3ccccc3)C2C)C(OCc2ccccc2)[C@@H](OCc2ccccc2)[C@@H]1O.CCC1O[C@H](O[C@H]2OC(COCc3ccccc3)[C@@H](OCc3ccccc3)C(OCc3ccccc3)C2C)C(OCc2ccccc2)[C@@H](OCc2ccccc2)[C@@H]1OCC=C(C)C. The van der Waals surface area contributed by atoms with Crippen LogP contribution in [0.1, 0.15) is 110 Å². The lowest BCUT2D eigenvalue weighted by atomic mass is 9.91. The highest BCUT2D eigenvalue weighted by Crippen LogP contribution is 2.41. The fourth-order valence-electron chi connectivity index (χ4n) is 15.6. The average Bonchev–Trinajstić information content (AvgIpc) is 0.778. The topological polar surface area (TPSA) is 177 Å². The molecule has 0 aromatic heterocycles. The molecule has 4 aliphatic rings. The van der Waals surface area contributed by atoms with Gasteiger partial charge < -0.3 is 85.6 Å². The van der Waals surface area contributed by atoms with E-state index in [9.17, 15) is 5.11 Å². The highest BCUT2D eigenvalue weighted by Gasteiger charge is 2.55. The number of benzene rings is 10. The molecule has 0 amide bonds. The Morgan fingerprint density at radius 3 is 0.785 bits per heavy atom. The van der Waals surface area contributed by atoms with E-state index in [1.807, 2.05) is 250 Å². The molecule has 10 aromatic carbocycles. The van der Waals surface area contributed by atoms with E-state index >= 15 is 0 Å². The van der Waals surface area contributed by atoms with Gasteiger partial charge in [0.1, 0.15) is 61.0 Å². The summed E-state index contributed by atoms with van der Waals surface area (Å²) in [6, 6.07) is 101. The lowest BCUT2D eigenvalue weighted by Gasteiger charge is -2.49. The third-order valence-corrected chi connectivity index (χ3v) is 22.3. The van der Waals surface area contributed by atoms with Crippen molar-refractivity contribution in [1.29, 1.82) is 0 Å². The van der Waals surface area contributed by atoms with E-state index in [2.05, 4.69) is 101 Å². The Kier molecular flexibility index (Phi) is 35.9. The zero-order valence-electron chi connectivity index (χ0n) is 70.5. The summed E-state index contributed by atoms with van der Waals surface area (Å²) in [5.74, 6) is -0.641. The molecule has 4 heterocycles. The second-order valence-corrected chi connectivity index (χ2v) is 31.6. The van der Waals surface area contributed by atoms with Gasteiger partial charge in [0.2, 0.25) is 0 Å². The van der Waals surface area contributed by atoms with Crippen LogP contribution in [0.25, 0.3) is 0 Å². The molecule has 4 aliphatic heterocycles. The Morgan fingerprint density at radius 1 is 0.264 bits per heavy atom. The number of hydrogen-bond donors (Lipinski definition) is 1. The molecule has 640 valence electrons. The van der Waals surface area contributed by atoms with Crippen molar-refractivity contribution in [2.24, 2.45) is 11.8 Å². The van der Waals surface area contributed by atoms with Crippen molar-refractivity contribution in [3.05, 3.63) is 371 Å². The van der Waals surface area contributed by atoms with Crippen LogP contribution in [0.5, 0.6) is 0 Å². The minimum absolute atomic E-state index is 0.227. The van der Waals surface area contributed by atoms with Gasteiger partial charge in [-0.05, 0) is 82.3 Å². The Hall–Kier alpha value is -8.78. The van der Waals surface area contributed by atoms with Gasteiger partial charge in [-0.2, -0.15) is 0 Å². The molecular weight excluding hydrogens is 1530 g/mol. The molecule has 4 fully saturated rings. The van der Waals surface area contributed by atoms with Crippen LogP contribution in [0.15, 0.2) is 315 Å². The number of rotatable bonds is 41. The van der Waals surface area contributed by atoms with Crippen LogP contribution in [0.2, 0.25) is 0 Å². The minimum atomic E-state index is -0.962. The molecule has 10 aromatic rings. The van der Waals surface area contributed by atoms with Gasteiger partial charge in [-0.25, -0.2) is 0 Å². The van der Waals surface area contributed by atoms with Crippen LogP contribution in [-0.4, -0.2) is 136 Å². The molecule has 0 spiro atoms. The third kappa shape index (κ3) is 27.1. The van der Waals surface area contributed by atoms with Gasteiger partial charge in [-0.1, -0.05) is 343 Å². The zero-order valence-corrected chi connectivity index (χ0v) is 70.5. The smallest absolute Gasteiger partial charge is 0.189 e. The van der Waals surface area contributed by atoms with Gasteiger partial charge in [0.15, 0.2) is 25.2 Å². The summed E-state index contributed by atoms with van der Waals surface area (Å²) in [6.07, 6.45) is -8.39. The molecule has 10 unspecified atom stereocenters. The highest BCUT2D eigenvalue weighted by molar-refractivity contribution is 5.22. The minimum Gasteiger partial charge on any atom is -0.388 e. The predicted octanol–water partition coefficient (Wildman–Crippen LogP) is 18.8. The molecule has 20 atom stereocenters. The van der Waals surface area contributed by atoms with Crippen LogP contribution < -0.4 is 0 Å². The third-order valence-electron chi connectivity index (χ3n) is 22.3. The summed E-state index contributed by atoms with van der Waals surface area (Å²) in [5, 5.41) is 11.7. The van der Waals surface area contributed by atoms with E-state index in [1.54, 1.807) is 0 Å². The molecular formula is C103H120O18. The first-order valence-electron chi connectivity index (χ1n) is 42.8. The summed E-state index contributed by atoms with van der Waals surface area (Å²) < 4.78 is 115. The lowest BCUT2D eigenvalue weighted by molar-refractivity contribution is -0.381. The van der Waals surface area contributed by atoms with Crippen molar-refractivity contribution in [2.45, 2.75) is 231 Å². The van der Waals surface area contributed by atoms with Crippen molar-refractivity contribution in [2.75, 3.05) is 19.8 Å². The van der Waals surface area contributed by atoms with Crippen molar-refractivity contribution in [3.8, 4) is 0 Å². The maximum atomic E-state index is 11.7. The van der Waals surface area contributed by atoms with E-state index in [0.717, 1.165) is 55.6 Å². The summed E-state index contributed by atoms with van der Waals surface area (Å²) in [7, 11) is 0. The van der Waals surface area contributed by atoms with Crippen LogP contribution in [0, 0.1) is 11.8 Å². The zero-order chi connectivity index (χ0) is 83.6. The monoisotopic (exact) mass is 1640 g/mol. The van der Waals surface area contributed by atoms with Gasteiger partial charge in [0.25, 0.3) is 0 Å². The Labute approximate surface area is 715 Å². The van der Waals surface area contributed by atoms with Crippen LogP contribution >= 0.6 is 0 Å². The number of hydrogen-bond acceptors (Lipinski definition) is 18. The molecule has 18 nitrogen and oxygen atoms in total. The molecule has 0 aliphatic carbocycles. The largest absolute Gasteiger partial charge is 0.388 e. The molecule has 0 radical (unpaired) electrons. The van der Waals surface area contributed by atoms with E-state index in [-0.39, 0.29) is 44.4 Å². The van der Waals surface area contributed by atoms with E-state index < -0.39 is 105 Å². The first kappa shape index (κ1) is 90.0. The standard InChI is InChI=1S/C54H64O9.C49H56O9/c1-5-46-49(56-32-31-39(2)3)51(59-36-44-27-17-9-18-28-44)52(60-37-45-29-19-10-20-30-45)54(61-46)63-53-40(4)48(57-34-42-23-13-7-14-24-42)50(58-35-43-25-15-8-16-26-43)47(62-53)38-55-33-41-21-11-6-12-22-41;1-3-41-43(50)46(54-32-39-25-15-7-16-26-39)47(55-33-40-27-17-8-18-28-40)49(56-41)58-48-35(2)44(52-30-37-21-11-5-12-22-37)45(53-31-38-23-13-6-14-24-38)42(57-48)34-51-29-36-19-9-4-10-20-36/h6-31,40,46-54H,5,32-38H2,1-4H3;4-28,35,41-50H,3,29-34H2,1-2H3/t40?,46?,47?,48?,49-,50-,51+,52?,53-,54-;35?,41?,42?,43-,44?,45-,46+,47?,48-,49-/m11/s1. The van der Waals surface area contributed by atoms with Gasteiger partial charge in [0, 0.05) is 11.8 Å². The fraction of sp³-hybridized carbons (Fsp3) is 0.398. The molecule has 14 rings (SSSR count). The first-order valence-corrected chi connectivity index (χ1v) is 42.8. The number of allylic oxidation sites excluding steroid dienone is 1. The van der Waals surface area contributed by atoms with Gasteiger partial charge in [-0.15, -0.1) is 0 Å². The highest BCUT2D eigenvalue weighted by atomic mass is 16.8. The summed E-state index contributed by atoms with van der Waals surface area (Å²) in [5.41, 5.74) is 11.5. The van der Waals surface area contributed by atoms with Crippen molar-refractivity contribution < 1.29 is 85.6 Å². The van der Waals surface area contributed by atoms with Gasteiger partial charge in [0.05, 0.1) is 110 Å². The van der Waals surface area contributed by atoms with Crippen LogP contribution in [0.4, 0.5) is 0 Å². The first-order chi connectivity index (χ1) is 59.5. The van der Waals surface area contributed by atoms with Crippen LogP contribution in [-0.2, 0) is 147 Å². The second kappa shape index (κ2) is 48.3. The summed E-state index contributed by atoms with van der Waals surface area (Å²) in [6.45, 7) is 16.8. The van der Waals surface area contributed by atoms with Crippen molar-refractivity contribution >= 4 is 0 Å². The molecule has 0 saturated carbocycles. The second-order valence-electron chi connectivity index (χ2n) is 31.6. The van der Waals surface area contributed by atoms with E-state index in [0.29, 0.717) is 72.3 Å². The predicted molar refractivity (Wildman–Crippen MR) is 463 cm³/mol. The normalized spacial score (nSPS) is 26.6. The molecule has 4 saturated heterocycles. The molecule has 121 heavy (non-hydrogen) atoms. The summed E-state index contributed by atoms with van der Waals surface area (Å²) in [4.78, 5) is 0. The maximum Gasteiger partial charge on any atom is 0.189 e. The average molecular weight is 1650 g/mol. The lowest BCUT2D eigenvalue weighted by Crippen LogP contribution is -2.63. The van der Waals surface area contributed by atoms with Gasteiger partial charge in [-0.3, -0.25) is 0 Å². The Morgan fingerprint density at radius 2 is 0.496 bits per heavy atom. The number of ether oxygens (including phenoxy) is 17. The summed E-state index contributed by atoms with van der Waals surface area (Å²) >= 11 is 0. The van der Waals surface area contributed by atoms with E-state index in [1.165, 1.54) is 5.57 Å². The number of aliphatic hydroxyl groups is 1. The van der Waals surface area contributed by atoms with Crippen molar-refractivity contribution in [3.63, 3.8) is 0 Å². The van der Waals surface area contributed by atoms with Crippen molar-refractivity contribution in [1.82, 2.24) is 0 Å². The Balaban J connectivity index is 0.000000210. The molecule has 18 heteroatoms. The quantitative estimate of drug-likeness (QED) is 0.0358. The fourth-order valence-corrected chi connectivity index (χ4v) is 15.6. The Bertz CT molecular complexity index is 4470. The number of aliphatic hydroxyl groups excluding tert-OH is 1. The van der Waals surface area contributed by atoms with E-state index in [4.69, 9.17) is 80.5 Å². The van der Waals surface area contributed by atoms with Crippen LogP contribution in [0.3, 0.4) is 0 Å². The molecule has 1 N–H and O–H groups in total.